The molecule has 1 atom stereocenters. The molecule has 1 rings (SSSR count). The van der Waals surface area contributed by atoms with Gasteiger partial charge in [-0.05, 0) is 24.1 Å². The van der Waals surface area contributed by atoms with Crippen LogP contribution in [0.3, 0.4) is 0 Å². The number of benzene rings is 1. The normalized spacial score (nSPS) is 12.2. The third kappa shape index (κ3) is 3.85. The summed E-state index contributed by atoms with van der Waals surface area (Å²) in [5.41, 5.74) is 0.385. The average molecular weight is 281 g/mol. The van der Waals surface area contributed by atoms with E-state index in [1.807, 2.05) is 6.92 Å². The number of carbonyl (C=O) groups excluding carboxylic acids is 1. The predicted molar refractivity (Wildman–Crippen MR) is 68.7 cm³/mol. The fourth-order valence-corrected chi connectivity index (χ4v) is 1.57. The molecule has 0 spiro atoms. The lowest BCUT2D eigenvalue weighted by molar-refractivity contribution is 0.0949. The number of halogens is 3. The van der Waals surface area contributed by atoms with Crippen molar-refractivity contribution >= 4 is 40.7 Å². The molecule has 16 heavy (non-hydrogen) atoms. The summed E-state index contributed by atoms with van der Waals surface area (Å²) in [5, 5.41) is 3.63. The predicted octanol–water partition coefficient (Wildman–Crippen LogP) is 3.60. The van der Waals surface area contributed by atoms with Crippen LogP contribution in [0.5, 0.6) is 0 Å². The standard InChI is InChI=1S/C11H12Cl3NO/c1-7(5-12)6-15-11(16)9-4-8(13)2-3-10(9)14/h2-4,7H,5-6H2,1H3,(H,15,16). The summed E-state index contributed by atoms with van der Waals surface area (Å²) in [4.78, 5) is 11.7. The second kappa shape index (κ2) is 6.33. The van der Waals surface area contributed by atoms with Gasteiger partial charge < -0.3 is 5.32 Å². The Morgan fingerprint density at radius 2 is 2.12 bits per heavy atom. The van der Waals surface area contributed by atoms with Gasteiger partial charge in [-0.25, -0.2) is 0 Å². The fourth-order valence-electron chi connectivity index (χ4n) is 1.09. The number of rotatable bonds is 4. The summed E-state index contributed by atoms with van der Waals surface area (Å²) < 4.78 is 0. The van der Waals surface area contributed by atoms with Gasteiger partial charge in [0.1, 0.15) is 0 Å². The van der Waals surface area contributed by atoms with E-state index in [1.54, 1.807) is 18.2 Å². The summed E-state index contributed by atoms with van der Waals surface area (Å²) in [5.74, 6) is 0.497. The first-order valence-corrected chi connectivity index (χ1v) is 6.13. The molecule has 1 unspecified atom stereocenters. The Balaban J connectivity index is 2.69. The van der Waals surface area contributed by atoms with Crippen molar-refractivity contribution in [3.63, 3.8) is 0 Å². The summed E-state index contributed by atoms with van der Waals surface area (Å²) in [6.45, 7) is 2.47. The molecule has 88 valence electrons. The van der Waals surface area contributed by atoms with E-state index in [4.69, 9.17) is 34.8 Å². The van der Waals surface area contributed by atoms with Crippen LogP contribution in [0.15, 0.2) is 18.2 Å². The largest absolute Gasteiger partial charge is 0.352 e. The van der Waals surface area contributed by atoms with Gasteiger partial charge in [-0.2, -0.15) is 0 Å². The number of hydrogen-bond acceptors (Lipinski definition) is 1. The average Bonchev–Trinajstić information content (AvgIpc) is 2.28. The molecule has 5 heteroatoms. The molecule has 0 aliphatic carbocycles. The molecule has 0 fully saturated rings. The molecule has 0 aliphatic rings. The van der Waals surface area contributed by atoms with Crippen LogP contribution >= 0.6 is 34.8 Å². The van der Waals surface area contributed by atoms with Crippen molar-refractivity contribution in [1.29, 1.82) is 0 Å². The number of amides is 1. The molecular formula is C11H12Cl3NO. The zero-order valence-corrected chi connectivity index (χ0v) is 11.0. The van der Waals surface area contributed by atoms with Gasteiger partial charge in [0.05, 0.1) is 10.6 Å². The van der Waals surface area contributed by atoms with Gasteiger partial charge in [0.15, 0.2) is 0 Å². The first-order valence-electron chi connectivity index (χ1n) is 4.83. The molecule has 0 saturated heterocycles. The van der Waals surface area contributed by atoms with Crippen LogP contribution < -0.4 is 5.32 Å². The van der Waals surface area contributed by atoms with Crippen molar-refractivity contribution in [2.45, 2.75) is 6.92 Å². The van der Waals surface area contributed by atoms with Crippen molar-refractivity contribution in [2.24, 2.45) is 5.92 Å². The van der Waals surface area contributed by atoms with E-state index >= 15 is 0 Å². The minimum Gasteiger partial charge on any atom is -0.352 e. The highest BCUT2D eigenvalue weighted by Gasteiger charge is 2.11. The third-order valence-corrected chi connectivity index (χ3v) is 3.14. The Labute approximate surface area is 110 Å². The number of hydrogen-bond donors (Lipinski definition) is 1. The highest BCUT2D eigenvalue weighted by Crippen LogP contribution is 2.20. The second-order valence-electron chi connectivity index (χ2n) is 3.59. The molecule has 1 aromatic rings. The van der Waals surface area contributed by atoms with Crippen LogP contribution in [0, 0.1) is 5.92 Å². The lowest BCUT2D eigenvalue weighted by atomic mass is 10.2. The number of alkyl halides is 1. The van der Waals surface area contributed by atoms with Crippen LogP contribution in [0.25, 0.3) is 0 Å². The van der Waals surface area contributed by atoms with Crippen molar-refractivity contribution < 1.29 is 4.79 Å². The Hall–Kier alpha value is -0.440. The van der Waals surface area contributed by atoms with Crippen molar-refractivity contribution in [3.8, 4) is 0 Å². The maximum Gasteiger partial charge on any atom is 0.252 e. The fraction of sp³-hybridized carbons (Fsp3) is 0.364. The van der Waals surface area contributed by atoms with E-state index in [1.165, 1.54) is 0 Å². The van der Waals surface area contributed by atoms with Crippen LogP contribution in [0.1, 0.15) is 17.3 Å². The van der Waals surface area contributed by atoms with Crippen LogP contribution in [0.4, 0.5) is 0 Å². The van der Waals surface area contributed by atoms with Gasteiger partial charge in [0, 0.05) is 17.4 Å². The van der Waals surface area contributed by atoms with E-state index in [0.29, 0.717) is 28.0 Å². The first kappa shape index (κ1) is 13.6. The molecule has 0 aliphatic heterocycles. The maximum absolute atomic E-state index is 11.7. The Morgan fingerprint density at radius 3 is 2.75 bits per heavy atom. The molecule has 1 N–H and O–H groups in total. The molecule has 0 saturated carbocycles. The smallest absolute Gasteiger partial charge is 0.252 e. The second-order valence-corrected chi connectivity index (χ2v) is 4.75. The number of carbonyl (C=O) groups is 1. The van der Waals surface area contributed by atoms with E-state index in [9.17, 15) is 4.79 Å². The molecule has 2 nitrogen and oxygen atoms in total. The molecule has 0 radical (unpaired) electrons. The molecule has 0 heterocycles. The van der Waals surface area contributed by atoms with Gasteiger partial charge in [0.25, 0.3) is 5.91 Å². The van der Waals surface area contributed by atoms with Crippen molar-refractivity contribution in [3.05, 3.63) is 33.8 Å². The van der Waals surface area contributed by atoms with Crippen molar-refractivity contribution in [2.75, 3.05) is 12.4 Å². The Morgan fingerprint density at radius 1 is 1.44 bits per heavy atom. The monoisotopic (exact) mass is 279 g/mol. The summed E-state index contributed by atoms with van der Waals surface area (Å²) in [6, 6.07) is 4.79. The Bertz CT molecular complexity index is 381. The Kier molecular flexibility index (Phi) is 5.39. The van der Waals surface area contributed by atoms with E-state index < -0.39 is 0 Å². The first-order chi connectivity index (χ1) is 7.54. The lowest BCUT2D eigenvalue weighted by Crippen LogP contribution is -2.29. The van der Waals surface area contributed by atoms with Gasteiger partial charge in [-0.1, -0.05) is 30.1 Å². The summed E-state index contributed by atoms with van der Waals surface area (Å²) in [7, 11) is 0. The minimum atomic E-state index is -0.232. The summed E-state index contributed by atoms with van der Waals surface area (Å²) >= 11 is 17.3. The maximum atomic E-state index is 11.7. The van der Waals surface area contributed by atoms with E-state index in [0.717, 1.165) is 0 Å². The lowest BCUT2D eigenvalue weighted by Gasteiger charge is -2.10. The zero-order valence-electron chi connectivity index (χ0n) is 8.77. The third-order valence-electron chi connectivity index (χ3n) is 2.05. The minimum absolute atomic E-state index is 0.226. The molecule has 1 amide bonds. The van der Waals surface area contributed by atoms with Gasteiger partial charge >= 0.3 is 0 Å². The highest BCUT2D eigenvalue weighted by molar-refractivity contribution is 6.35. The molecular weight excluding hydrogens is 268 g/mol. The van der Waals surface area contributed by atoms with Crippen LogP contribution in [-0.4, -0.2) is 18.3 Å². The van der Waals surface area contributed by atoms with E-state index in [-0.39, 0.29) is 11.8 Å². The number of nitrogens with one attached hydrogen (secondary N) is 1. The molecule has 0 bridgehead atoms. The van der Waals surface area contributed by atoms with E-state index in [2.05, 4.69) is 5.32 Å². The zero-order chi connectivity index (χ0) is 12.1. The molecule has 0 aromatic heterocycles. The van der Waals surface area contributed by atoms with Gasteiger partial charge in [0.2, 0.25) is 0 Å². The van der Waals surface area contributed by atoms with Gasteiger partial charge in [-0.3, -0.25) is 4.79 Å². The SMILES string of the molecule is CC(CCl)CNC(=O)c1cc(Cl)ccc1Cl. The molecule has 1 aromatic carbocycles. The topological polar surface area (TPSA) is 29.1 Å². The highest BCUT2D eigenvalue weighted by atomic mass is 35.5. The van der Waals surface area contributed by atoms with Crippen LogP contribution in [0.2, 0.25) is 10.0 Å². The summed E-state index contributed by atoms with van der Waals surface area (Å²) in [6.07, 6.45) is 0. The van der Waals surface area contributed by atoms with Crippen LogP contribution in [-0.2, 0) is 0 Å². The van der Waals surface area contributed by atoms with Gasteiger partial charge in [-0.15, -0.1) is 11.6 Å². The van der Waals surface area contributed by atoms with Crippen molar-refractivity contribution in [1.82, 2.24) is 5.32 Å². The quantitative estimate of drug-likeness (QED) is 0.839.